The number of aliphatic hydroxyl groups is 1. The van der Waals surface area contributed by atoms with Crippen molar-refractivity contribution in [3.8, 4) is 11.8 Å². The van der Waals surface area contributed by atoms with Crippen molar-refractivity contribution >= 4 is 11.3 Å². The van der Waals surface area contributed by atoms with E-state index in [0.717, 1.165) is 16.7 Å². The molecular weight excluding hydrogens is 204 g/mol. The van der Waals surface area contributed by atoms with Crippen LogP contribution in [0.3, 0.4) is 0 Å². The fourth-order valence-corrected chi connectivity index (χ4v) is 1.84. The summed E-state index contributed by atoms with van der Waals surface area (Å²) in [5, 5.41) is 13.1. The van der Waals surface area contributed by atoms with Crippen LogP contribution in [0.1, 0.15) is 16.7 Å². The van der Waals surface area contributed by atoms with Crippen molar-refractivity contribution in [1.82, 2.24) is 0 Å². The summed E-state index contributed by atoms with van der Waals surface area (Å²) >= 11 is 1.63. The molecule has 0 atom stereocenters. The normalized spacial score (nSPS) is 9.40. The molecule has 0 spiro atoms. The van der Waals surface area contributed by atoms with Gasteiger partial charge >= 0.3 is 0 Å². The lowest BCUT2D eigenvalue weighted by atomic mass is 10.1. The minimum Gasteiger partial charge on any atom is -0.392 e. The van der Waals surface area contributed by atoms with Crippen LogP contribution < -0.4 is 0 Å². The third-order valence-corrected chi connectivity index (χ3v) is 2.73. The fourth-order valence-electron chi connectivity index (χ4n) is 1.26. The molecule has 74 valence electrons. The standard InChI is InChI=1S/C13H10OS/c14-9-13-4-2-1-3-12(13)6-5-11-7-8-15-10-11/h1-4,7-8,10,14H,9H2. The molecule has 1 aromatic carbocycles. The quantitative estimate of drug-likeness (QED) is 0.723. The first-order valence-electron chi connectivity index (χ1n) is 4.63. The number of thiophene rings is 1. The number of aliphatic hydroxyl groups excluding tert-OH is 1. The van der Waals surface area contributed by atoms with Crippen molar-refractivity contribution in [2.45, 2.75) is 6.61 Å². The molecule has 15 heavy (non-hydrogen) atoms. The molecule has 2 aromatic rings. The minimum atomic E-state index is 0.0362. The molecule has 0 bridgehead atoms. The van der Waals surface area contributed by atoms with Crippen LogP contribution >= 0.6 is 11.3 Å². The Hall–Kier alpha value is -1.56. The molecule has 1 N–H and O–H groups in total. The predicted octanol–water partition coefficient (Wildman–Crippen LogP) is 2.64. The average Bonchev–Trinajstić information content (AvgIpc) is 2.79. The van der Waals surface area contributed by atoms with Crippen LogP contribution in [0.25, 0.3) is 0 Å². The van der Waals surface area contributed by atoms with Crippen LogP contribution in [0, 0.1) is 11.8 Å². The molecule has 0 aliphatic heterocycles. The summed E-state index contributed by atoms with van der Waals surface area (Å²) in [7, 11) is 0. The summed E-state index contributed by atoms with van der Waals surface area (Å²) in [4.78, 5) is 0. The molecule has 0 amide bonds. The Morgan fingerprint density at radius 1 is 1.13 bits per heavy atom. The summed E-state index contributed by atoms with van der Waals surface area (Å²) in [6, 6.07) is 9.62. The number of hydrogen-bond donors (Lipinski definition) is 1. The summed E-state index contributed by atoms with van der Waals surface area (Å²) in [6.07, 6.45) is 0. The van der Waals surface area contributed by atoms with E-state index >= 15 is 0 Å². The van der Waals surface area contributed by atoms with Crippen LogP contribution in [-0.4, -0.2) is 5.11 Å². The smallest absolute Gasteiger partial charge is 0.0694 e. The zero-order valence-electron chi connectivity index (χ0n) is 8.10. The molecule has 1 heterocycles. The van der Waals surface area contributed by atoms with E-state index in [2.05, 4.69) is 11.8 Å². The zero-order chi connectivity index (χ0) is 10.5. The molecule has 0 aliphatic carbocycles. The molecule has 0 radical (unpaired) electrons. The SMILES string of the molecule is OCc1ccccc1C#Cc1ccsc1. The van der Waals surface area contributed by atoms with Gasteiger partial charge in [-0.2, -0.15) is 11.3 Å². The molecule has 2 heteroatoms. The number of hydrogen-bond acceptors (Lipinski definition) is 2. The highest BCUT2D eigenvalue weighted by Crippen LogP contribution is 2.08. The first-order valence-corrected chi connectivity index (χ1v) is 5.57. The Kier molecular flexibility index (Phi) is 3.18. The van der Waals surface area contributed by atoms with Crippen molar-refractivity contribution in [3.05, 3.63) is 57.8 Å². The third-order valence-electron chi connectivity index (χ3n) is 2.05. The Labute approximate surface area is 93.0 Å². The molecule has 0 fully saturated rings. The lowest BCUT2D eigenvalue weighted by molar-refractivity contribution is 0.281. The van der Waals surface area contributed by atoms with E-state index in [4.69, 9.17) is 5.11 Å². The average molecular weight is 214 g/mol. The second-order valence-corrected chi connectivity index (χ2v) is 3.86. The highest BCUT2D eigenvalue weighted by molar-refractivity contribution is 7.08. The van der Waals surface area contributed by atoms with Gasteiger partial charge in [-0.15, -0.1) is 0 Å². The topological polar surface area (TPSA) is 20.2 Å². The summed E-state index contributed by atoms with van der Waals surface area (Å²) < 4.78 is 0. The van der Waals surface area contributed by atoms with Gasteiger partial charge in [0.1, 0.15) is 0 Å². The van der Waals surface area contributed by atoms with Crippen LogP contribution in [0.4, 0.5) is 0 Å². The Bertz CT molecular complexity index is 489. The second-order valence-electron chi connectivity index (χ2n) is 3.08. The van der Waals surface area contributed by atoms with Crippen LogP contribution in [0.15, 0.2) is 41.1 Å². The molecule has 1 aromatic heterocycles. The molecule has 1 nitrogen and oxygen atoms in total. The maximum absolute atomic E-state index is 9.11. The Balaban J connectivity index is 2.31. The molecule has 0 saturated carbocycles. The maximum atomic E-state index is 9.11. The van der Waals surface area contributed by atoms with E-state index in [1.54, 1.807) is 11.3 Å². The van der Waals surface area contributed by atoms with Gasteiger partial charge in [0.05, 0.1) is 6.61 Å². The zero-order valence-corrected chi connectivity index (χ0v) is 8.92. The van der Waals surface area contributed by atoms with Gasteiger partial charge in [0.2, 0.25) is 0 Å². The van der Waals surface area contributed by atoms with Crippen molar-refractivity contribution in [2.75, 3.05) is 0 Å². The van der Waals surface area contributed by atoms with Crippen LogP contribution in [-0.2, 0) is 6.61 Å². The predicted molar refractivity (Wildman–Crippen MR) is 62.7 cm³/mol. The van der Waals surface area contributed by atoms with Gasteiger partial charge in [-0.3, -0.25) is 0 Å². The highest BCUT2D eigenvalue weighted by atomic mass is 32.1. The van der Waals surface area contributed by atoms with Gasteiger partial charge in [0, 0.05) is 16.5 Å². The minimum absolute atomic E-state index is 0.0362. The second kappa shape index (κ2) is 4.79. The van der Waals surface area contributed by atoms with E-state index in [0.29, 0.717) is 0 Å². The van der Waals surface area contributed by atoms with Gasteiger partial charge in [0.25, 0.3) is 0 Å². The van der Waals surface area contributed by atoms with Crippen molar-refractivity contribution in [2.24, 2.45) is 0 Å². The van der Waals surface area contributed by atoms with Crippen molar-refractivity contribution < 1.29 is 5.11 Å². The highest BCUT2D eigenvalue weighted by Gasteiger charge is 1.95. The summed E-state index contributed by atoms with van der Waals surface area (Å²) in [5.74, 6) is 6.13. The van der Waals surface area contributed by atoms with Gasteiger partial charge in [-0.05, 0) is 23.1 Å². The van der Waals surface area contributed by atoms with Crippen LogP contribution in [0.5, 0.6) is 0 Å². The molecule has 2 rings (SSSR count). The molecule has 0 saturated heterocycles. The van der Waals surface area contributed by atoms with E-state index in [-0.39, 0.29) is 6.61 Å². The fraction of sp³-hybridized carbons (Fsp3) is 0.0769. The maximum Gasteiger partial charge on any atom is 0.0694 e. The monoisotopic (exact) mass is 214 g/mol. The number of benzene rings is 1. The summed E-state index contributed by atoms with van der Waals surface area (Å²) in [5.41, 5.74) is 2.79. The van der Waals surface area contributed by atoms with E-state index < -0.39 is 0 Å². The lowest BCUT2D eigenvalue weighted by Gasteiger charge is -1.97. The van der Waals surface area contributed by atoms with Gasteiger partial charge < -0.3 is 5.11 Å². The Morgan fingerprint density at radius 3 is 2.73 bits per heavy atom. The summed E-state index contributed by atoms with van der Waals surface area (Å²) in [6.45, 7) is 0.0362. The Morgan fingerprint density at radius 2 is 2.00 bits per heavy atom. The molecular formula is C13H10OS. The van der Waals surface area contributed by atoms with Gasteiger partial charge in [-0.25, -0.2) is 0 Å². The van der Waals surface area contributed by atoms with Gasteiger partial charge in [-0.1, -0.05) is 30.0 Å². The lowest BCUT2D eigenvalue weighted by Crippen LogP contribution is -1.87. The number of rotatable bonds is 1. The van der Waals surface area contributed by atoms with Gasteiger partial charge in [0.15, 0.2) is 0 Å². The van der Waals surface area contributed by atoms with Crippen molar-refractivity contribution in [3.63, 3.8) is 0 Å². The first kappa shape index (κ1) is 9.97. The first-order chi connectivity index (χ1) is 7.40. The van der Waals surface area contributed by atoms with Crippen molar-refractivity contribution in [1.29, 1.82) is 0 Å². The van der Waals surface area contributed by atoms with E-state index in [1.807, 2.05) is 41.1 Å². The van der Waals surface area contributed by atoms with Crippen LogP contribution in [0.2, 0.25) is 0 Å². The third kappa shape index (κ3) is 2.47. The molecule has 0 aliphatic rings. The van der Waals surface area contributed by atoms with E-state index in [1.165, 1.54) is 0 Å². The molecule has 0 unspecified atom stereocenters. The van der Waals surface area contributed by atoms with E-state index in [9.17, 15) is 0 Å². The largest absolute Gasteiger partial charge is 0.392 e.